The van der Waals surface area contributed by atoms with E-state index >= 15 is 0 Å². The highest BCUT2D eigenvalue weighted by Crippen LogP contribution is 2.22. The third-order valence-corrected chi connectivity index (χ3v) is 3.76. The highest BCUT2D eigenvalue weighted by atomic mass is 32.2. The number of hydrogen-bond acceptors (Lipinski definition) is 2. The van der Waals surface area contributed by atoms with Gasteiger partial charge in [-0.1, -0.05) is 32.4 Å². The van der Waals surface area contributed by atoms with E-state index in [0.29, 0.717) is 5.92 Å². The predicted molar refractivity (Wildman–Crippen MR) is 74.2 cm³/mol. The molecule has 0 fully saturated rings. The molecule has 0 amide bonds. The van der Waals surface area contributed by atoms with Gasteiger partial charge >= 0.3 is 0 Å². The van der Waals surface area contributed by atoms with Crippen LogP contribution in [0.2, 0.25) is 0 Å². The Bertz CT molecular complexity index is 279. The van der Waals surface area contributed by atoms with E-state index in [-0.39, 0.29) is 0 Å². The molecule has 0 bridgehead atoms. The Kier molecular flexibility index (Phi) is 6.58. The Morgan fingerprint density at radius 2 is 1.75 bits per heavy atom. The van der Waals surface area contributed by atoms with Crippen LogP contribution in [0.5, 0.6) is 0 Å². The third-order valence-electron chi connectivity index (χ3n) is 2.66. The van der Waals surface area contributed by atoms with Crippen LogP contribution in [-0.4, -0.2) is 12.3 Å². The number of rotatable bonds is 7. The molecule has 2 heteroatoms. The standard InChI is InChI=1S/C14H23NS/c1-12(2)13-6-8-14(9-7-13)16-11-5-3-4-10-15/h6-9,12H,3-5,10-11,15H2,1-2H3. The first-order valence-electron chi connectivity index (χ1n) is 6.17. The van der Waals surface area contributed by atoms with E-state index in [1.54, 1.807) is 0 Å². The Hall–Kier alpha value is -0.470. The van der Waals surface area contributed by atoms with Crippen LogP contribution >= 0.6 is 11.8 Å². The van der Waals surface area contributed by atoms with Crippen LogP contribution in [0.25, 0.3) is 0 Å². The van der Waals surface area contributed by atoms with E-state index in [4.69, 9.17) is 5.73 Å². The zero-order valence-corrected chi connectivity index (χ0v) is 11.2. The third kappa shape index (κ3) is 5.04. The summed E-state index contributed by atoms with van der Waals surface area (Å²) in [6, 6.07) is 8.96. The molecule has 0 atom stereocenters. The first-order valence-corrected chi connectivity index (χ1v) is 7.15. The first-order chi connectivity index (χ1) is 7.74. The van der Waals surface area contributed by atoms with Gasteiger partial charge in [0.25, 0.3) is 0 Å². The lowest BCUT2D eigenvalue weighted by molar-refractivity contribution is 0.732. The van der Waals surface area contributed by atoms with Gasteiger partial charge < -0.3 is 5.73 Å². The van der Waals surface area contributed by atoms with Crippen molar-refractivity contribution >= 4 is 11.8 Å². The van der Waals surface area contributed by atoms with Gasteiger partial charge in [-0.2, -0.15) is 0 Å². The zero-order chi connectivity index (χ0) is 11.8. The number of benzene rings is 1. The summed E-state index contributed by atoms with van der Waals surface area (Å²) in [6.07, 6.45) is 3.69. The lowest BCUT2D eigenvalue weighted by Crippen LogP contribution is -1.97. The van der Waals surface area contributed by atoms with Gasteiger partial charge in [-0.3, -0.25) is 0 Å². The maximum atomic E-state index is 5.46. The van der Waals surface area contributed by atoms with Crippen molar-refractivity contribution in [3.05, 3.63) is 29.8 Å². The average Bonchev–Trinajstić information content (AvgIpc) is 2.29. The lowest BCUT2D eigenvalue weighted by atomic mass is 10.0. The molecule has 0 aliphatic carbocycles. The molecule has 0 unspecified atom stereocenters. The topological polar surface area (TPSA) is 26.0 Å². The number of unbranched alkanes of at least 4 members (excludes halogenated alkanes) is 2. The van der Waals surface area contributed by atoms with E-state index < -0.39 is 0 Å². The smallest absolute Gasteiger partial charge is 0.00721 e. The Morgan fingerprint density at radius 1 is 1.06 bits per heavy atom. The first kappa shape index (κ1) is 13.6. The van der Waals surface area contributed by atoms with Crippen molar-refractivity contribution in [3.63, 3.8) is 0 Å². The minimum atomic E-state index is 0.628. The highest BCUT2D eigenvalue weighted by Gasteiger charge is 1.99. The van der Waals surface area contributed by atoms with Gasteiger partial charge in [0.05, 0.1) is 0 Å². The van der Waals surface area contributed by atoms with Crippen molar-refractivity contribution in [3.8, 4) is 0 Å². The maximum absolute atomic E-state index is 5.46. The number of hydrogen-bond donors (Lipinski definition) is 1. The minimum Gasteiger partial charge on any atom is -0.330 e. The quantitative estimate of drug-likeness (QED) is 0.572. The van der Waals surface area contributed by atoms with Gasteiger partial charge in [-0.05, 0) is 48.8 Å². The van der Waals surface area contributed by atoms with Crippen LogP contribution in [0, 0.1) is 0 Å². The number of thioether (sulfide) groups is 1. The molecule has 0 spiro atoms. The van der Waals surface area contributed by atoms with E-state index in [1.807, 2.05) is 11.8 Å². The second-order valence-electron chi connectivity index (χ2n) is 4.42. The van der Waals surface area contributed by atoms with Gasteiger partial charge in [-0.15, -0.1) is 11.8 Å². The van der Waals surface area contributed by atoms with E-state index in [0.717, 1.165) is 13.0 Å². The molecule has 90 valence electrons. The van der Waals surface area contributed by atoms with E-state index in [2.05, 4.69) is 38.1 Å². The minimum absolute atomic E-state index is 0.628. The molecule has 0 aliphatic heterocycles. The second-order valence-corrected chi connectivity index (χ2v) is 5.59. The summed E-state index contributed by atoms with van der Waals surface area (Å²) in [5.41, 5.74) is 6.88. The average molecular weight is 237 g/mol. The van der Waals surface area contributed by atoms with Gasteiger partial charge in [0.15, 0.2) is 0 Å². The molecule has 1 nitrogen and oxygen atoms in total. The van der Waals surface area contributed by atoms with Gasteiger partial charge in [0, 0.05) is 4.90 Å². The number of nitrogens with two attached hydrogens (primary N) is 1. The van der Waals surface area contributed by atoms with Crippen molar-refractivity contribution in [1.29, 1.82) is 0 Å². The summed E-state index contributed by atoms with van der Waals surface area (Å²) in [5, 5.41) is 0. The second kappa shape index (κ2) is 7.75. The van der Waals surface area contributed by atoms with Crippen LogP contribution in [0.3, 0.4) is 0 Å². The Balaban J connectivity index is 2.27. The van der Waals surface area contributed by atoms with Crippen LogP contribution in [0.4, 0.5) is 0 Å². The fourth-order valence-corrected chi connectivity index (χ4v) is 2.47. The van der Waals surface area contributed by atoms with E-state index in [9.17, 15) is 0 Å². The SMILES string of the molecule is CC(C)c1ccc(SCCCCCN)cc1. The van der Waals surface area contributed by atoms with Crippen LogP contribution in [0.15, 0.2) is 29.2 Å². The molecule has 1 rings (SSSR count). The summed E-state index contributed by atoms with van der Waals surface area (Å²) in [4.78, 5) is 1.39. The predicted octanol–water partition coefficient (Wildman–Crippen LogP) is 4.03. The van der Waals surface area contributed by atoms with Crippen LogP contribution in [0.1, 0.15) is 44.6 Å². The summed E-state index contributed by atoms with van der Waals surface area (Å²) in [5.74, 6) is 1.84. The van der Waals surface area contributed by atoms with Crippen LogP contribution in [-0.2, 0) is 0 Å². The van der Waals surface area contributed by atoms with Crippen LogP contribution < -0.4 is 5.73 Å². The lowest BCUT2D eigenvalue weighted by Gasteiger charge is -2.06. The summed E-state index contributed by atoms with van der Waals surface area (Å²) >= 11 is 1.95. The Morgan fingerprint density at radius 3 is 2.31 bits per heavy atom. The van der Waals surface area contributed by atoms with Crippen molar-refractivity contribution < 1.29 is 0 Å². The molecule has 16 heavy (non-hydrogen) atoms. The van der Waals surface area contributed by atoms with Crippen molar-refractivity contribution in [2.75, 3.05) is 12.3 Å². The molecule has 1 aromatic rings. The van der Waals surface area contributed by atoms with Gasteiger partial charge in [0.2, 0.25) is 0 Å². The van der Waals surface area contributed by atoms with Gasteiger partial charge in [0.1, 0.15) is 0 Å². The van der Waals surface area contributed by atoms with Crippen molar-refractivity contribution in [2.45, 2.75) is 43.9 Å². The van der Waals surface area contributed by atoms with E-state index in [1.165, 1.54) is 29.1 Å². The molecular weight excluding hydrogens is 214 g/mol. The molecule has 0 saturated heterocycles. The summed E-state index contributed by atoms with van der Waals surface area (Å²) in [7, 11) is 0. The monoisotopic (exact) mass is 237 g/mol. The highest BCUT2D eigenvalue weighted by molar-refractivity contribution is 7.99. The molecule has 2 N–H and O–H groups in total. The molecule has 1 aromatic carbocycles. The Labute approximate surface area is 104 Å². The normalized spacial score (nSPS) is 11.0. The molecule has 0 radical (unpaired) electrons. The summed E-state index contributed by atoms with van der Waals surface area (Å²) < 4.78 is 0. The fraction of sp³-hybridized carbons (Fsp3) is 0.571. The maximum Gasteiger partial charge on any atom is 0.00721 e. The van der Waals surface area contributed by atoms with Crippen molar-refractivity contribution in [2.24, 2.45) is 5.73 Å². The largest absolute Gasteiger partial charge is 0.330 e. The molecular formula is C14H23NS. The molecule has 0 aliphatic rings. The molecule has 0 saturated carbocycles. The van der Waals surface area contributed by atoms with Gasteiger partial charge in [-0.25, -0.2) is 0 Å². The molecule has 0 heterocycles. The molecule has 0 aromatic heterocycles. The van der Waals surface area contributed by atoms with Crippen molar-refractivity contribution in [1.82, 2.24) is 0 Å². The zero-order valence-electron chi connectivity index (χ0n) is 10.4. The fourth-order valence-electron chi connectivity index (χ4n) is 1.56. The summed E-state index contributed by atoms with van der Waals surface area (Å²) in [6.45, 7) is 5.29.